The molecule has 6 heteroatoms. The molecule has 0 fully saturated rings. The maximum Gasteiger partial charge on any atom is 0.339 e. The quantitative estimate of drug-likeness (QED) is 0.927. The summed E-state index contributed by atoms with van der Waals surface area (Å²) in [6, 6.07) is 4.92. The van der Waals surface area contributed by atoms with Gasteiger partial charge in [0, 0.05) is 5.92 Å². The van der Waals surface area contributed by atoms with Crippen molar-refractivity contribution in [1.82, 2.24) is 14.8 Å². The number of aryl methyl sites for hydroxylation is 1. The maximum absolute atomic E-state index is 11.2. The van der Waals surface area contributed by atoms with E-state index in [1.807, 2.05) is 20.8 Å². The minimum Gasteiger partial charge on any atom is -0.496 e. The minimum atomic E-state index is -1.04. The number of hydrogen-bond donors (Lipinski definition) is 1. The molecule has 1 aromatic carbocycles. The fourth-order valence-electron chi connectivity index (χ4n) is 1.89. The number of aromatic nitrogens is 3. The largest absolute Gasteiger partial charge is 0.496 e. The molecule has 0 aliphatic rings. The van der Waals surface area contributed by atoms with Crippen LogP contribution in [0.1, 0.15) is 41.8 Å². The third-order valence-corrected chi connectivity index (χ3v) is 2.96. The van der Waals surface area contributed by atoms with Gasteiger partial charge < -0.3 is 9.84 Å². The SMILES string of the molecule is COc1ccc(-n2nc(C(C)C)nc2C)cc1C(=O)O. The van der Waals surface area contributed by atoms with E-state index in [9.17, 15) is 9.90 Å². The monoisotopic (exact) mass is 275 g/mol. The van der Waals surface area contributed by atoms with Crippen LogP contribution in [0.2, 0.25) is 0 Å². The molecule has 106 valence electrons. The Bertz CT molecular complexity index is 647. The molecule has 1 N–H and O–H groups in total. The first-order valence-corrected chi connectivity index (χ1v) is 6.29. The van der Waals surface area contributed by atoms with Gasteiger partial charge in [0.05, 0.1) is 12.8 Å². The van der Waals surface area contributed by atoms with Crippen molar-refractivity contribution < 1.29 is 14.6 Å². The summed E-state index contributed by atoms with van der Waals surface area (Å²) < 4.78 is 6.69. The van der Waals surface area contributed by atoms with Gasteiger partial charge in [0.2, 0.25) is 0 Å². The molecular weight excluding hydrogens is 258 g/mol. The molecule has 0 radical (unpaired) electrons. The molecule has 2 rings (SSSR count). The van der Waals surface area contributed by atoms with Crippen LogP contribution >= 0.6 is 0 Å². The van der Waals surface area contributed by atoms with Gasteiger partial charge in [-0.3, -0.25) is 0 Å². The predicted molar refractivity (Wildman–Crippen MR) is 73.7 cm³/mol. The lowest BCUT2D eigenvalue weighted by Gasteiger charge is -2.08. The number of nitrogens with zero attached hydrogens (tertiary/aromatic N) is 3. The van der Waals surface area contributed by atoms with Gasteiger partial charge in [0.25, 0.3) is 0 Å². The van der Waals surface area contributed by atoms with E-state index in [0.717, 1.165) is 11.6 Å². The Kier molecular flexibility index (Phi) is 3.74. The normalized spacial score (nSPS) is 10.8. The van der Waals surface area contributed by atoms with E-state index >= 15 is 0 Å². The highest BCUT2D eigenvalue weighted by Gasteiger charge is 2.15. The second-order valence-corrected chi connectivity index (χ2v) is 4.77. The number of aromatic carboxylic acids is 1. The van der Waals surface area contributed by atoms with Gasteiger partial charge in [-0.1, -0.05) is 13.8 Å². The van der Waals surface area contributed by atoms with E-state index in [4.69, 9.17) is 4.74 Å². The Morgan fingerprint density at radius 3 is 2.60 bits per heavy atom. The number of ether oxygens (including phenoxy) is 1. The maximum atomic E-state index is 11.2. The highest BCUT2D eigenvalue weighted by atomic mass is 16.5. The van der Waals surface area contributed by atoms with Crippen molar-refractivity contribution in [2.75, 3.05) is 7.11 Å². The smallest absolute Gasteiger partial charge is 0.339 e. The highest BCUT2D eigenvalue weighted by Crippen LogP contribution is 2.23. The van der Waals surface area contributed by atoms with Crippen LogP contribution in [-0.2, 0) is 0 Å². The summed E-state index contributed by atoms with van der Waals surface area (Å²) in [7, 11) is 1.44. The van der Waals surface area contributed by atoms with Crippen molar-refractivity contribution >= 4 is 5.97 Å². The summed E-state index contributed by atoms with van der Waals surface area (Å²) in [5, 5.41) is 13.6. The van der Waals surface area contributed by atoms with Crippen LogP contribution in [0.3, 0.4) is 0 Å². The van der Waals surface area contributed by atoms with Crippen molar-refractivity contribution in [3.63, 3.8) is 0 Å². The molecular formula is C14H17N3O3. The Hall–Kier alpha value is -2.37. The molecule has 0 spiro atoms. The predicted octanol–water partition coefficient (Wildman–Crippen LogP) is 2.41. The topological polar surface area (TPSA) is 77.2 Å². The first kappa shape index (κ1) is 14.0. The summed E-state index contributed by atoms with van der Waals surface area (Å²) in [5.41, 5.74) is 0.756. The molecule has 0 atom stereocenters. The standard InChI is InChI=1S/C14H17N3O3/c1-8(2)13-15-9(3)17(16-13)10-5-6-12(20-4)11(7-10)14(18)19/h5-8H,1-4H3,(H,18,19). The van der Waals surface area contributed by atoms with Crippen LogP contribution in [-0.4, -0.2) is 33.0 Å². The molecule has 20 heavy (non-hydrogen) atoms. The zero-order chi connectivity index (χ0) is 14.9. The molecule has 0 saturated carbocycles. The number of hydrogen-bond acceptors (Lipinski definition) is 4. The summed E-state index contributed by atoms with van der Waals surface area (Å²) in [6.07, 6.45) is 0. The first-order valence-electron chi connectivity index (χ1n) is 6.29. The molecule has 0 bridgehead atoms. The molecule has 0 amide bonds. The number of carboxylic acid groups (broad SMARTS) is 1. The molecule has 0 unspecified atom stereocenters. The van der Waals surface area contributed by atoms with Crippen LogP contribution in [0, 0.1) is 6.92 Å². The van der Waals surface area contributed by atoms with E-state index in [1.54, 1.807) is 16.8 Å². The van der Waals surface area contributed by atoms with Gasteiger partial charge in [0.1, 0.15) is 17.1 Å². The zero-order valence-electron chi connectivity index (χ0n) is 11.9. The average molecular weight is 275 g/mol. The summed E-state index contributed by atoms with van der Waals surface area (Å²) in [6.45, 7) is 5.86. The van der Waals surface area contributed by atoms with Gasteiger partial charge in [0.15, 0.2) is 5.82 Å². The number of methoxy groups -OCH3 is 1. The summed E-state index contributed by atoms with van der Waals surface area (Å²) in [5.74, 6) is 0.950. The van der Waals surface area contributed by atoms with Gasteiger partial charge in [-0.25, -0.2) is 14.5 Å². The minimum absolute atomic E-state index is 0.103. The fourth-order valence-corrected chi connectivity index (χ4v) is 1.89. The van der Waals surface area contributed by atoms with Crippen LogP contribution in [0.5, 0.6) is 5.75 Å². The highest BCUT2D eigenvalue weighted by molar-refractivity contribution is 5.91. The van der Waals surface area contributed by atoms with Crippen LogP contribution < -0.4 is 4.74 Å². The first-order chi connectivity index (χ1) is 9.43. The summed E-state index contributed by atoms with van der Waals surface area (Å²) in [4.78, 5) is 15.6. The number of carboxylic acids is 1. The van der Waals surface area contributed by atoms with Crippen molar-refractivity contribution in [3.05, 3.63) is 35.4 Å². The van der Waals surface area contributed by atoms with Gasteiger partial charge in [-0.2, -0.15) is 5.10 Å². The molecule has 1 heterocycles. The Morgan fingerprint density at radius 1 is 1.40 bits per heavy atom. The van der Waals surface area contributed by atoms with Crippen molar-refractivity contribution in [2.45, 2.75) is 26.7 Å². The molecule has 6 nitrogen and oxygen atoms in total. The van der Waals surface area contributed by atoms with Gasteiger partial charge in [-0.15, -0.1) is 0 Å². The van der Waals surface area contributed by atoms with Crippen molar-refractivity contribution in [3.8, 4) is 11.4 Å². The number of rotatable bonds is 4. The fraction of sp³-hybridized carbons (Fsp3) is 0.357. The third-order valence-electron chi connectivity index (χ3n) is 2.96. The van der Waals surface area contributed by atoms with Crippen LogP contribution in [0.25, 0.3) is 5.69 Å². The Labute approximate surface area is 117 Å². The van der Waals surface area contributed by atoms with Gasteiger partial charge >= 0.3 is 5.97 Å². The van der Waals surface area contributed by atoms with E-state index in [0.29, 0.717) is 11.4 Å². The second kappa shape index (κ2) is 5.32. The van der Waals surface area contributed by atoms with E-state index in [1.165, 1.54) is 13.2 Å². The van der Waals surface area contributed by atoms with E-state index in [2.05, 4.69) is 10.1 Å². The average Bonchev–Trinajstić information content (AvgIpc) is 2.80. The lowest BCUT2D eigenvalue weighted by molar-refractivity contribution is 0.0693. The molecule has 1 aromatic heterocycles. The lowest BCUT2D eigenvalue weighted by Crippen LogP contribution is -2.05. The van der Waals surface area contributed by atoms with Gasteiger partial charge in [-0.05, 0) is 25.1 Å². The number of carbonyl (C=O) groups is 1. The molecule has 0 aliphatic heterocycles. The summed E-state index contributed by atoms with van der Waals surface area (Å²) >= 11 is 0. The Morgan fingerprint density at radius 2 is 2.10 bits per heavy atom. The lowest BCUT2D eigenvalue weighted by atomic mass is 10.2. The molecule has 2 aromatic rings. The number of benzene rings is 1. The van der Waals surface area contributed by atoms with Crippen LogP contribution in [0.4, 0.5) is 0 Å². The van der Waals surface area contributed by atoms with Crippen molar-refractivity contribution in [2.24, 2.45) is 0 Å². The van der Waals surface area contributed by atoms with Crippen molar-refractivity contribution in [1.29, 1.82) is 0 Å². The molecule has 0 saturated heterocycles. The second-order valence-electron chi connectivity index (χ2n) is 4.77. The van der Waals surface area contributed by atoms with E-state index < -0.39 is 5.97 Å². The Balaban J connectivity index is 2.53. The third kappa shape index (κ3) is 2.49. The van der Waals surface area contributed by atoms with E-state index in [-0.39, 0.29) is 11.5 Å². The molecule has 0 aliphatic carbocycles. The van der Waals surface area contributed by atoms with Crippen LogP contribution in [0.15, 0.2) is 18.2 Å². The zero-order valence-corrected chi connectivity index (χ0v) is 11.9.